The lowest BCUT2D eigenvalue weighted by atomic mass is 9.64. The Kier molecular flexibility index (Phi) is 7.29. The molecule has 0 heterocycles. The largest absolute Gasteiger partial charge is 0.392 e. The van der Waals surface area contributed by atoms with Gasteiger partial charge in [0.1, 0.15) is 0 Å². The van der Waals surface area contributed by atoms with Crippen LogP contribution in [0.1, 0.15) is 52.9 Å². The Bertz CT molecular complexity index is 246. The molecule has 0 spiro atoms. The number of hydrogen-bond acceptors (Lipinski definition) is 4. The first-order valence-electron chi connectivity index (χ1n) is 7.65. The Labute approximate surface area is 117 Å². The van der Waals surface area contributed by atoms with E-state index in [4.69, 9.17) is 4.74 Å². The molecule has 4 nitrogen and oxygen atoms in total. The molecule has 4 heteroatoms. The summed E-state index contributed by atoms with van der Waals surface area (Å²) in [5.41, 5.74) is -0.0826. The van der Waals surface area contributed by atoms with Gasteiger partial charge in [0.25, 0.3) is 0 Å². The number of hydrogen-bond donors (Lipinski definition) is 3. The molecule has 0 bridgehead atoms. The van der Waals surface area contributed by atoms with Gasteiger partial charge in [-0.2, -0.15) is 0 Å². The van der Waals surface area contributed by atoms with Crippen molar-refractivity contribution < 1.29 is 14.9 Å². The molecule has 1 saturated carbocycles. The highest BCUT2D eigenvalue weighted by molar-refractivity contribution is 5.01. The van der Waals surface area contributed by atoms with Crippen molar-refractivity contribution in [3.63, 3.8) is 0 Å². The van der Waals surface area contributed by atoms with Gasteiger partial charge in [0.15, 0.2) is 0 Å². The maximum Gasteiger partial charge on any atom is 0.0897 e. The summed E-state index contributed by atoms with van der Waals surface area (Å²) in [7, 11) is 0. The maximum atomic E-state index is 9.81. The molecule has 1 fully saturated rings. The van der Waals surface area contributed by atoms with Gasteiger partial charge in [-0.1, -0.05) is 40.0 Å². The summed E-state index contributed by atoms with van der Waals surface area (Å²) in [4.78, 5) is 0. The minimum absolute atomic E-state index is 0.0826. The van der Waals surface area contributed by atoms with E-state index in [1.165, 1.54) is 19.3 Å². The zero-order valence-corrected chi connectivity index (χ0v) is 12.7. The number of nitrogens with one attached hydrogen (secondary N) is 1. The van der Waals surface area contributed by atoms with Crippen LogP contribution in [-0.2, 0) is 4.74 Å². The summed E-state index contributed by atoms with van der Waals surface area (Å²) < 4.78 is 5.46. The van der Waals surface area contributed by atoms with E-state index >= 15 is 0 Å². The number of unbranched alkanes of at least 4 members (excludes halogenated alkanes) is 3. The molecule has 0 aliphatic heterocycles. The number of rotatable bonds is 10. The van der Waals surface area contributed by atoms with Crippen molar-refractivity contribution in [1.29, 1.82) is 0 Å². The zero-order chi connectivity index (χ0) is 14.3. The van der Waals surface area contributed by atoms with E-state index < -0.39 is 6.10 Å². The molecule has 1 aliphatic carbocycles. The van der Waals surface area contributed by atoms with Crippen LogP contribution in [0.4, 0.5) is 0 Å². The Hall–Kier alpha value is -0.160. The van der Waals surface area contributed by atoms with Gasteiger partial charge in [-0.15, -0.1) is 0 Å². The average Bonchev–Trinajstić information content (AvgIpc) is 2.38. The van der Waals surface area contributed by atoms with Crippen LogP contribution in [0.5, 0.6) is 0 Å². The molecular formula is C15H31NO3. The molecule has 114 valence electrons. The van der Waals surface area contributed by atoms with Crippen LogP contribution in [0.25, 0.3) is 0 Å². The number of aliphatic hydroxyl groups is 2. The first-order chi connectivity index (χ1) is 8.98. The fourth-order valence-corrected chi connectivity index (χ4v) is 2.44. The van der Waals surface area contributed by atoms with E-state index in [0.717, 1.165) is 19.4 Å². The second kappa shape index (κ2) is 8.20. The molecule has 0 saturated heterocycles. The summed E-state index contributed by atoms with van der Waals surface area (Å²) in [5.74, 6) is 0. The van der Waals surface area contributed by atoms with Gasteiger partial charge in [-0.05, 0) is 12.8 Å². The van der Waals surface area contributed by atoms with Gasteiger partial charge in [0.2, 0.25) is 0 Å². The van der Waals surface area contributed by atoms with Crippen LogP contribution in [0.15, 0.2) is 0 Å². The van der Waals surface area contributed by atoms with Crippen LogP contribution in [0, 0.1) is 5.41 Å². The predicted molar refractivity (Wildman–Crippen MR) is 77.2 cm³/mol. The molecule has 3 unspecified atom stereocenters. The van der Waals surface area contributed by atoms with Crippen LogP contribution < -0.4 is 5.32 Å². The molecule has 3 atom stereocenters. The van der Waals surface area contributed by atoms with Crippen molar-refractivity contribution in [2.45, 2.75) is 71.1 Å². The third-order valence-corrected chi connectivity index (χ3v) is 4.27. The summed E-state index contributed by atoms with van der Waals surface area (Å²) in [6.07, 6.45) is 4.87. The molecule has 0 aromatic rings. The molecule has 0 radical (unpaired) electrons. The first-order valence-corrected chi connectivity index (χ1v) is 7.65. The molecule has 0 aromatic heterocycles. The molecule has 1 aliphatic rings. The van der Waals surface area contributed by atoms with Crippen molar-refractivity contribution >= 4 is 0 Å². The lowest BCUT2D eigenvalue weighted by Crippen LogP contribution is -2.61. The lowest BCUT2D eigenvalue weighted by molar-refractivity contribution is -0.0766. The second-order valence-corrected chi connectivity index (χ2v) is 6.32. The summed E-state index contributed by atoms with van der Waals surface area (Å²) >= 11 is 0. The third-order valence-electron chi connectivity index (χ3n) is 4.27. The molecular weight excluding hydrogens is 242 g/mol. The van der Waals surface area contributed by atoms with Crippen LogP contribution in [0.2, 0.25) is 0 Å². The highest BCUT2D eigenvalue weighted by Gasteiger charge is 2.46. The monoisotopic (exact) mass is 273 g/mol. The second-order valence-electron chi connectivity index (χ2n) is 6.32. The third kappa shape index (κ3) is 5.38. The van der Waals surface area contributed by atoms with Crippen molar-refractivity contribution in [3.05, 3.63) is 0 Å². The van der Waals surface area contributed by atoms with Crippen LogP contribution in [0.3, 0.4) is 0 Å². The van der Waals surface area contributed by atoms with Gasteiger partial charge < -0.3 is 20.3 Å². The minimum Gasteiger partial charge on any atom is -0.392 e. The summed E-state index contributed by atoms with van der Waals surface area (Å²) in [6, 6.07) is 0.293. The normalized spacial score (nSPS) is 27.0. The van der Waals surface area contributed by atoms with Gasteiger partial charge >= 0.3 is 0 Å². The first kappa shape index (κ1) is 16.9. The standard InChI is InChI=1S/C15H31NO3/c1-4-5-6-7-8-19-11-12(17)10-16-13-9-14(18)15(13,2)3/h12-14,16-18H,4-11H2,1-3H3. The SMILES string of the molecule is CCCCCCOCC(O)CNC1CC(O)C1(C)C. The molecule has 3 N–H and O–H groups in total. The topological polar surface area (TPSA) is 61.7 Å². The fourth-order valence-electron chi connectivity index (χ4n) is 2.44. The van der Waals surface area contributed by atoms with Gasteiger partial charge in [0.05, 0.1) is 18.8 Å². The fraction of sp³-hybridized carbons (Fsp3) is 1.00. The maximum absolute atomic E-state index is 9.81. The van der Waals surface area contributed by atoms with E-state index in [9.17, 15) is 10.2 Å². The average molecular weight is 273 g/mol. The zero-order valence-electron chi connectivity index (χ0n) is 12.7. The smallest absolute Gasteiger partial charge is 0.0897 e. The Balaban J connectivity index is 1.98. The summed E-state index contributed by atoms with van der Waals surface area (Å²) in [5, 5.41) is 22.7. The Morgan fingerprint density at radius 1 is 1.32 bits per heavy atom. The van der Waals surface area contributed by atoms with Crippen molar-refractivity contribution in [2.75, 3.05) is 19.8 Å². The van der Waals surface area contributed by atoms with Crippen LogP contribution >= 0.6 is 0 Å². The van der Waals surface area contributed by atoms with Crippen molar-refractivity contribution in [2.24, 2.45) is 5.41 Å². The van der Waals surface area contributed by atoms with Crippen molar-refractivity contribution in [1.82, 2.24) is 5.32 Å². The van der Waals surface area contributed by atoms with Crippen LogP contribution in [-0.4, -0.2) is 48.2 Å². The molecule has 1 rings (SSSR count). The predicted octanol–water partition coefficient (Wildman–Crippen LogP) is 1.69. The van der Waals surface area contributed by atoms with E-state index in [2.05, 4.69) is 26.1 Å². The van der Waals surface area contributed by atoms with Gasteiger partial charge in [0, 0.05) is 24.6 Å². The Morgan fingerprint density at radius 2 is 2.05 bits per heavy atom. The lowest BCUT2D eigenvalue weighted by Gasteiger charge is -2.49. The highest BCUT2D eigenvalue weighted by atomic mass is 16.5. The minimum atomic E-state index is -0.459. The molecule has 0 amide bonds. The molecule has 0 aromatic carbocycles. The summed E-state index contributed by atoms with van der Waals surface area (Å²) in [6.45, 7) is 7.97. The number of aliphatic hydroxyl groups excluding tert-OH is 2. The Morgan fingerprint density at radius 3 is 2.63 bits per heavy atom. The quantitative estimate of drug-likeness (QED) is 0.530. The van der Waals surface area contributed by atoms with E-state index in [1.54, 1.807) is 0 Å². The number of ether oxygens (including phenoxy) is 1. The highest BCUT2D eigenvalue weighted by Crippen LogP contribution is 2.40. The molecule has 19 heavy (non-hydrogen) atoms. The van der Waals surface area contributed by atoms with Gasteiger partial charge in [-0.3, -0.25) is 0 Å². The van der Waals surface area contributed by atoms with E-state index in [-0.39, 0.29) is 11.5 Å². The van der Waals surface area contributed by atoms with Gasteiger partial charge in [-0.25, -0.2) is 0 Å². The van der Waals surface area contributed by atoms with Crippen molar-refractivity contribution in [3.8, 4) is 0 Å². The van der Waals surface area contributed by atoms with E-state index in [1.807, 2.05) is 0 Å². The van der Waals surface area contributed by atoms with E-state index in [0.29, 0.717) is 19.2 Å².